The Kier molecular flexibility index (Phi) is 3.70. The van der Waals surface area contributed by atoms with E-state index >= 15 is 0 Å². The summed E-state index contributed by atoms with van der Waals surface area (Å²) in [5.74, 6) is 0. The number of aliphatic hydroxyl groups excluding tert-OH is 2. The van der Waals surface area contributed by atoms with E-state index < -0.39 is 12.2 Å². The predicted octanol–water partition coefficient (Wildman–Crippen LogP) is -0.324. The van der Waals surface area contributed by atoms with Crippen molar-refractivity contribution >= 4 is 23.3 Å². The van der Waals surface area contributed by atoms with Crippen LogP contribution in [0.25, 0.3) is 5.70 Å². The molecular formula is C12H15N3O4S. The van der Waals surface area contributed by atoms with Crippen LogP contribution < -0.4 is 10.6 Å². The number of carbonyl (C=O) groups is 1. The summed E-state index contributed by atoms with van der Waals surface area (Å²) in [7, 11) is 0. The number of hydrogen-bond acceptors (Lipinski definition) is 6. The van der Waals surface area contributed by atoms with Gasteiger partial charge in [0.05, 0.1) is 35.4 Å². The molecule has 0 radical (unpaired) electrons. The van der Waals surface area contributed by atoms with Gasteiger partial charge in [0.1, 0.15) is 6.10 Å². The molecule has 8 heteroatoms. The molecule has 0 spiro atoms. The average molecular weight is 297 g/mol. The summed E-state index contributed by atoms with van der Waals surface area (Å²) in [5, 5.41) is 24.3. The minimum atomic E-state index is -0.711. The van der Waals surface area contributed by atoms with E-state index in [9.17, 15) is 9.90 Å². The smallest absolute Gasteiger partial charge is 0.319 e. The van der Waals surface area contributed by atoms with Crippen molar-refractivity contribution in [3.63, 3.8) is 0 Å². The van der Waals surface area contributed by atoms with Crippen molar-refractivity contribution in [2.45, 2.75) is 30.8 Å². The first-order valence-electron chi connectivity index (χ1n) is 6.32. The van der Waals surface area contributed by atoms with Gasteiger partial charge in [0.2, 0.25) is 0 Å². The topological polar surface area (TPSA) is 104 Å². The van der Waals surface area contributed by atoms with Gasteiger partial charge in [-0.15, -0.1) is 0 Å². The summed E-state index contributed by atoms with van der Waals surface area (Å²) in [6, 6.07) is 1.17. The van der Waals surface area contributed by atoms with E-state index in [0.717, 1.165) is 4.88 Å². The Morgan fingerprint density at radius 1 is 1.55 bits per heavy atom. The monoisotopic (exact) mass is 297 g/mol. The zero-order chi connectivity index (χ0) is 14.1. The van der Waals surface area contributed by atoms with Gasteiger partial charge in [0.15, 0.2) is 0 Å². The molecule has 3 heterocycles. The molecule has 0 saturated carbocycles. The molecule has 0 aromatic carbocycles. The number of carbonyl (C=O) groups excluding carboxylic acids is 1. The van der Waals surface area contributed by atoms with E-state index in [4.69, 9.17) is 9.84 Å². The Bertz CT molecular complexity index is 519. The third-order valence-electron chi connectivity index (χ3n) is 3.43. The number of nitrogens with one attached hydrogen (secondary N) is 2. The van der Waals surface area contributed by atoms with Crippen LogP contribution in [0.4, 0.5) is 4.79 Å². The van der Waals surface area contributed by atoms with Gasteiger partial charge in [0.25, 0.3) is 0 Å². The van der Waals surface area contributed by atoms with E-state index in [1.54, 1.807) is 6.20 Å². The van der Waals surface area contributed by atoms with E-state index in [-0.39, 0.29) is 24.8 Å². The lowest BCUT2D eigenvalue weighted by Gasteiger charge is -2.27. The van der Waals surface area contributed by atoms with Crippen LogP contribution in [0.3, 0.4) is 0 Å². The van der Waals surface area contributed by atoms with Crippen molar-refractivity contribution in [3.8, 4) is 0 Å². The number of urea groups is 1. The Morgan fingerprint density at radius 2 is 2.40 bits per heavy atom. The molecule has 2 aliphatic heterocycles. The van der Waals surface area contributed by atoms with Crippen LogP contribution in [0.15, 0.2) is 18.3 Å². The molecule has 1 saturated heterocycles. The Balaban J connectivity index is 1.79. The number of aromatic nitrogens is 1. The highest BCUT2D eigenvalue weighted by molar-refractivity contribution is 7.06. The molecule has 1 aromatic heterocycles. The summed E-state index contributed by atoms with van der Waals surface area (Å²) in [6.07, 6.45) is 2.25. The number of ether oxygens (including phenoxy) is 1. The van der Waals surface area contributed by atoms with Gasteiger partial charge in [-0.1, -0.05) is 0 Å². The summed E-state index contributed by atoms with van der Waals surface area (Å²) in [6.45, 7) is -0.234. The largest absolute Gasteiger partial charge is 0.394 e. The highest BCUT2D eigenvalue weighted by atomic mass is 32.1. The highest BCUT2D eigenvalue weighted by Gasteiger charge is 2.39. The Hall–Kier alpha value is -1.48. The van der Waals surface area contributed by atoms with Crippen LogP contribution in [0, 0.1) is 0 Å². The van der Waals surface area contributed by atoms with Crippen molar-refractivity contribution in [2.75, 3.05) is 6.61 Å². The highest BCUT2D eigenvalue weighted by Crippen LogP contribution is 2.26. The van der Waals surface area contributed by atoms with E-state index in [0.29, 0.717) is 12.1 Å². The summed E-state index contributed by atoms with van der Waals surface area (Å²) in [5.41, 5.74) is 0.687. The van der Waals surface area contributed by atoms with Crippen molar-refractivity contribution < 1.29 is 19.7 Å². The minimum Gasteiger partial charge on any atom is -0.394 e. The fraction of sp³-hybridized carbons (Fsp3) is 0.500. The van der Waals surface area contributed by atoms with Crippen LogP contribution in [-0.4, -0.2) is 51.6 Å². The normalized spacial score (nSPS) is 33.5. The second kappa shape index (κ2) is 5.49. The molecule has 20 heavy (non-hydrogen) atoms. The number of rotatable bonds is 3. The van der Waals surface area contributed by atoms with E-state index in [1.165, 1.54) is 11.5 Å². The molecule has 4 N–H and O–H groups in total. The Morgan fingerprint density at radius 3 is 3.05 bits per heavy atom. The molecule has 108 valence electrons. The van der Waals surface area contributed by atoms with E-state index in [2.05, 4.69) is 15.0 Å². The van der Waals surface area contributed by atoms with Gasteiger partial charge in [-0.05, 0) is 23.7 Å². The first-order valence-corrected chi connectivity index (χ1v) is 7.09. The van der Waals surface area contributed by atoms with Gasteiger partial charge >= 0.3 is 6.03 Å². The standard InChI is InChI=1S/C12H15N3O4S/c16-5-10-8(17)4-9(19-10)6-3-7(15-12(18)14-6)11-1-2-13-20-11/h1-3,6,8-10,16-17H,4-5H2,(H2,14,15,18)/t6?,8-,9+,10+/m0/s1. The maximum absolute atomic E-state index is 11.7. The van der Waals surface area contributed by atoms with Gasteiger partial charge in [-0.25, -0.2) is 9.17 Å². The molecule has 0 bridgehead atoms. The average Bonchev–Trinajstić information content (AvgIpc) is 3.07. The number of aliphatic hydroxyl groups is 2. The molecular weight excluding hydrogens is 282 g/mol. The molecule has 3 rings (SSSR count). The first-order chi connectivity index (χ1) is 9.67. The van der Waals surface area contributed by atoms with Gasteiger partial charge < -0.3 is 25.6 Å². The quantitative estimate of drug-likeness (QED) is 0.612. The second-order valence-electron chi connectivity index (χ2n) is 4.78. The lowest BCUT2D eigenvalue weighted by Crippen LogP contribution is -2.50. The molecule has 2 aliphatic rings. The maximum Gasteiger partial charge on any atom is 0.319 e. The van der Waals surface area contributed by atoms with Gasteiger partial charge in [0, 0.05) is 12.6 Å². The molecule has 4 atom stereocenters. The van der Waals surface area contributed by atoms with Crippen LogP contribution in [-0.2, 0) is 4.74 Å². The summed E-state index contributed by atoms with van der Waals surface area (Å²) >= 11 is 1.29. The first kappa shape index (κ1) is 13.5. The number of hydrogen-bond donors (Lipinski definition) is 4. The minimum absolute atomic E-state index is 0.234. The van der Waals surface area contributed by atoms with Crippen molar-refractivity contribution in [3.05, 3.63) is 23.2 Å². The Labute approximate surface area is 119 Å². The fourth-order valence-electron chi connectivity index (χ4n) is 2.43. The molecule has 1 unspecified atom stereocenters. The van der Waals surface area contributed by atoms with Gasteiger partial charge in [-0.2, -0.15) is 0 Å². The zero-order valence-electron chi connectivity index (χ0n) is 10.5. The second-order valence-corrected chi connectivity index (χ2v) is 5.61. The van der Waals surface area contributed by atoms with Crippen LogP contribution >= 0.6 is 11.5 Å². The molecule has 7 nitrogen and oxygen atoms in total. The maximum atomic E-state index is 11.7. The number of nitrogens with zero attached hydrogens (tertiary/aromatic N) is 1. The molecule has 1 fully saturated rings. The van der Waals surface area contributed by atoms with Crippen LogP contribution in [0.2, 0.25) is 0 Å². The van der Waals surface area contributed by atoms with E-state index in [1.807, 2.05) is 12.1 Å². The molecule has 1 aromatic rings. The SMILES string of the molecule is O=C1NC(c2ccns2)=CC([C@H]2C[C@H](O)[C@@H](CO)O2)N1. The molecule has 0 aliphatic carbocycles. The fourth-order valence-corrected chi connectivity index (χ4v) is 3.00. The van der Waals surface area contributed by atoms with Crippen molar-refractivity contribution in [1.29, 1.82) is 0 Å². The van der Waals surface area contributed by atoms with Crippen LogP contribution in [0.5, 0.6) is 0 Å². The van der Waals surface area contributed by atoms with Crippen molar-refractivity contribution in [1.82, 2.24) is 15.0 Å². The third kappa shape index (κ3) is 2.55. The van der Waals surface area contributed by atoms with Crippen LogP contribution in [0.1, 0.15) is 11.3 Å². The summed E-state index contributed by atoms with van der Waals surface area (Å²) < 4.78 is 9.58. The number of amides is 2. The third-order valence-corrected chi connectivity index (χ3v) is 4.21. The summed E-state index contributed by atoms with van der Waals surface area (Å²) in [4.78, 5) is 12.6. The molecule has 2 amide bonds. The lowest BCUT2D eigenvalue weighted by atomic mass is 10.0. The predicted molar refractivity (Wildman–Crippen MR) is 71.9 cm³/mol. The van der Waals surface area contributed by atoms with Crippen molar-refractivity contribution in [2.24, 2.45) is 0 Å². The zero-order valence-corrected chi connectivity index (χ0v) is 11.3. The lowest BCUT2D eigenvalue weighted by molar-refractivity contribution is -0.0264. The van der Waals surface area contributed by atoms with Gasteiger partial charge in [-0.3, -0.25) is 0 Å².